The van der Waals surface area contributed by atoms with Crippen LogP contribution in [0.3, 0.4) is 0 Å². The van der Waals surface area contributed by atoms with Gasteiger partial charge in [0.05, 0.1) is 6.04 Å². The molecule has 1 amide bonds. The summed E-state index contributed by atoms with van der Waals surface area (Å²) in [6.07, 6.45) is 6.78. The Kier molecular flexibility index (Phi) is 4.78. The van der Waals surface area contributed by atoms with Crippen molar-refractivity contribution in [2.24, 2.45) is 0 Å². The quantitative estimate of drug-likeness (QED) is 0.824. The summed E-state index contributed by atoms with van der Waals surface area (Å²) in [6, 6.07) is 3.26. The first-order valence-electron chi connectivity index (χ1n) is 8.41. The Balaban J connectivity index is 1.50. The molecule has 1 aliphatic carbocycles. The molecule has 0 radical (unpaired) electrons. The smallest absolute Gasteiger partial charge is 0.271 e. The van der Waals surface area contributed by atoms with Gasteiger partial charge < -0.3 is 10.6 Å². The van der Waals surface area contributed by atoms with Crippen molar-refractivity contribution in [1.82, 2.24) is 25.3 Å². The molecule has 1 saturated heterocycles. The molecule has 2 fully saturated rings. The fourth-order valence-corrected chi connectivity index (χ4v) is 3.04. The molecule has 0 aromatic carbocycles. The molecule has 1 aromatic rings. The van der Waals surface area contributed by atoms with E-state index in [4.69, 9.17) is 0 Å². The second-order valence-electron chi connectivity index (χ2n) is 6.64. The predicted molar refractivity (Wildman–Crippen MR) is 85.9 cm³/mol. The minimum Gasteiger partial charge on any atom is -0.349 e. The number of amides is 1. The van der Waals surface area contributed by atoms with E-state index in [1.165, 1.54) is 12.8 Å². The van der Waals surface area contributed by atoms with Crippen molar-refractivity contribution in [3.05, 3.63) is 18.0 Å². The molecular weight excluding hydrogens is 278 g/mol. The summed E-state index contributed by atoms with van der Waals surface area (Å²) in [5.41, 5.74) is 0.520. The number of aromatic nitrogens is 2. The Morgan fingerprint density at radius 2 is 2.36 bits per heavy atom. The molecule has 2 heterocycles. The summed E-state index contributed by atoms with van der Waals surface area (Å²) in [5, 5.41) is 10.8. The molecule has 1 aromatic heterocycles. The largest absolute Gasteiger partial charge is 0.349 e. The minimum absolute atomic E-state index is 0.0708. The number of nitrogens with zero attached hydrogens (tertiary/aromatic N) is 3. The van der Waals surface area contributed by atoms with E-state index < -0.39 is 0 Å². The Hall–Kier alpha value is -1.40. The molecule has 1 aliphatic heterocycles. The number of carbonyl (C=O) groups is 1. The highest BCUT2D eigenvalue weighted by atomic mass is 16.1. The number of carbonyl (C=O) groups excluding carboxylic acids is 1. The summed E-state index contributed by atoms with van der Waals surface area (Å²) in [7, 11) is 2.14. The Bertz CT molecular complexity index is 504. The summed E-state index contributed by atoms with van der Waals surface area (Å²) in [6.45, 7) is 4.85. The molecule has 2 aliphatic rings. The molecule has 3 rings (SSSR count). The Labute approximate surface area is 132 Å². The average molecular weight is 305 g/mol. The van der Waals surface area contributed by atoms with Crippen LogP contribution in [-0.4, -0.2) is 59.4 Å². The SMILES string of the molecule is CC(CNC(=O)c1ccn(C2CCCNC2)n1)N(C)C1CC1. The average Bonchev–Trinajstić information content (AvgIpc) is 3.28. The molecule has 0 spiro atoms. The maximum absolute atomic E-state index is 12.2. The minimum atomic E-state index is -0.0708. The van der Waals surface area contributed by atoms with Gasteiger partial charge in [0.2, 0.25) is 0 Å². The molecule has 6 heteroatoms. The van der Waals surface area contributed by atoms with Gasteiger partial charge in [-0.1, -0.05) is 0 Å². The Morgan fingerprint density at radius 3 is 3.05 bits per heavy atom. The first kappa shape index (κ1) is 15.5. The van der Waals surface area contributed by atoms with Gasteiger partial charge in [0.1, 0.15) is 5.69 Å². The van der Waals surface area contributed by atoms with E-state index in [9.17, 15) is 4.79 Å². The van der Waals surface area contributed by atoms with E-state index in [0.29, 0.717) is 30.4 Å². The van der Waals surface area contributed by atoms with Crippen LogP contribution in [0, 0.1) is 0 Å². The van der Waals surface area contributed by atoms with Crippen LogP contribution < -0.4 is 10.6 Å². The third-order valence-electron chi connectivity index (χ3n) is 4.86. The van der Waals surface area contributed by atoms with Crippen molar-refractivity contribution in [3.63, 3.8) is 0 Å². The van der Waals surface area contributed by atoms with Gasteiger partial charge >= 0.3 is 0 Å². The molecular formula is C16H27N5O. The fourth-order valence-electron chi connectivity index (χ4n) is 3.04. The normalized spacial score (nSPS) is 23.5. The van der Waals surface area contributed by atoms with Crippen molar-refractivity contribution < 1.29 is 4.79 Å². The standard InChI is InChI=1S/C16H27N5O/c1-12(20(2)13-5-6-13)10-18-16(22)15-7-9-21(19-15)14-4-3-8-17-11-14/h7,9,12-14,17H,3-6,8,10-11H2,1-2H3,(H,18,22). The lowest BCUT2D eigenvalue weighted by Crippen LogP contribution is -2.41. The van der Waals surface area contributed by atoms with E-state index in [1.54, 1.807) is 0 Å². The molecule has 2 N–H and O–H groups in total. The zero-order valence-electron chi connectivity index (χ0n) is 13.6. The van der Waals surface area contributed by atoms with Gasteiger partial charge in [0.25, 0.3) is 5.91 Å². The highest BCUT2D eigenvalue weighted by Gasteiger charge is 2.29. The number of likely N-dealkylation sites (N-methyl/N-ethyl adjacent to an activating group) is 1. The third-order valence-corrected chi connectivity index (χ3v) is 4.86. The van der Waals surface area contributed by atoms with E-state index in [-0.39, 0.29) is 5.91 Å². The predicted octanol–water partition coefficient (Wildman–Crippen LogP) is 1.02. The lowest BCUT2D eigenvalue weighted by molar-refractivity contribution is 0.0933. The zero-order valence-corrected chi connectivity index (χ0v) is 13.6. The molecule has 22 heavy (non-hydrogen) atoms. The first-order chi connectivity index (χ1) is 10.6. The van der Waals surface area contributed by atoms with Gasteiger partial charge in [-0.2, -0.15) is 5.10 Å². The summed E-state index contributed by atoms with van der Waals surface area (Å²) in [5.74, 6) is -0.0708. The van der Waals surface area contributed by atoms with E-state index in [1.807, 2.05) is 16.9 Å². The molecule has 6 nitrogen and oxygen atoms in total. The second-order valence-corrected chi connectivity index (χ2v) is 6.64. The molecule has 122 valence electrons. The number of hydrogen-bond acceptors (Lipinski definition) is 4. The highest BCUT2D eigenvalue weighted by molar-refractivity contribution is 5.92. The lowest BCUT2D eigenvalue weighted by atomic mass is 10.1. The summed E-state index contributed by atoms with van der Waals surface area (Å²) in [4.78, 5) is 14.6. The Morgan fingerprint density at radius 1 is 1.55 bits per heavy atom. The number of nitrogens with one attached hydrogen (secondary N) is 2. The third kappa shape index (κ3) is 3.67. The second kappa shape index (κ2) is 6.79. The van der Waals surface area contributed by atoms with Crippen molar-refractivity contribution in [2.75, 3.05) is 26.7 Å². The van der Waals surface area contributed by atoms with Crippen LogP contribution in [0.25, 0.3) is 0 Å². The number of hydrogen-bond donors (Lipinski definition) is 2. The fraction of sp³-hybridized carbons (Fsp3) is 0.750. The van der Waals surface area contributed by atoms with Crippen molar-refractivity contribution in [1.29, 1.82) is 0 Å². The van der Waals surface area contributed by atoms with Gasteiger partial charge in [0, 0.05) is 31.4 Å². The van der Waals surface area contributed by atoms with Crippen LogP contribution in [0.1, 0.15) is 49.1 Å². The van der Waals surface area contributed by atoms with Crippen LogP contribution >= 0.6 is 0 Å². The topological polar surface area (TPSA) is 62.2 Å². The zero-order chi connectivity index (χ0) is 15.5. The maximum atomic E-state index is 12.2. The first-order valence-corrected chi connectivity index (χ1v) is 8.41. The lowest BCUT2D eigenvalue weighted by Gasteiger charge is -2.24. The van der Waals surface area contributed by atoms with Crippen LogP contribution in [-0.2, 0) is 0 Å². The molecule has 2 unspecified atom stereocenters. The van der Waals surface area contributed by atoms with E-state index >= 15 is 0 Å². The van der Waals surface area contributed by atoms with Crippen LogP contribution in [0.2, 0.25) is 0 Å². The monoisotopic (exact) mass is 305 g/mol. The van der Waals surface area contributed by atoms with Gasteiger partial charge in [0.15, 0.2) is 0 Å². The van der Waals surface area contributed by atoms with Gasteiger partial charge in [-0.15, -0.1) is 0 Å². The molecule has 1 saturated carbocycles. The van der Waals surface area contributed by atoms with Crippen molar-refractivity contribution in [3.8, 4) is 0 Å². The number of rotatable bonds is 6. The van der Waals surface area contributed by atoms with Crippen molar-refractivity contribution in [2.45, 2.75) is 50.7 Å². The van der Waals surface area contributed by atoms with Crippen LogP contribution in [0.4, 0.5) is 0 Å². The maximum Gasteiger partial charge on any atom is 0.271 e. The van der Waals surface area contributed by atoms with Gasteiger partial charge in [-0.05, 0) is 52.3 Å². The summed E-state index contributed by atoms with van der Waals surface area (Å²) < 4.78 is 1.93. The summed E-state index contributed by atoms with van der Waals surface area (Å²) >= 11 is 0. The van der Waals surface area contributed by atoms with E-state index in [0.717, 1.165) is 25.9 Å². The van der Waals surface area contributed by atoms with E-state index in [2.05, 4.69) is 34.6 Å². The molecule has 2 atom stereocenters. The molecule has 0 bridgehead atoms. The van der Waals surface area contributed by atoms with Gasteiger partial charge in [-0.25, -0.2) is 0 Å². The van der Waals surface area contributed by atoms with Crippen LogP contribution in [0.5, 0.6) is 0 Å². The van der Waals surface area contributed by atoms with Gasteiger partial charge in [-0.3, -0.25) is 14.4 Å². The number of piperidine rings is 1. The highest BCUT2D eigenvalue weighted by Crippen LogP contribution is 2.26. The van der Waals surface area contributed by atoms with Crippen LogP contribution in [0.15, 0.2) is 12.3 Å². The van der Waals surface area contributed by atoms with Crippen molar-refractivity contribution >= 4 is 5.91 Å².